The van der Waals surface area contributed by atoms with Crippen LogP contribution in [0.25, 0.3) is 10.6 Å². The van der Waals surface area contributed by atoms with Crippen LogP contribution in [0, 0.1) is 18.8 Å². The lowest BCUT2D eigenvalue weighted by Gasteiger charge is -2.23. The summed E-state index contributed by atoms with van der Waals surface area (Å²) in [5, 5.41) is 15.3. The van der Waals surface area contributed by atoms with Crippen LogP contribution in [0.3, 0.4) is 0 Å². The number of hydrogen-bond acceptors (Lipinski definition) is 5. The maximum absolute atomic E-state index is 12.9. The molecule has 1 fully saturated rings. The maximum Gasteiger partial charge on any atom is 0.249 e. The maximum atomic E-state index is 12.9. The van der Waals surface area contributed by atoms with E-state index in [1.807, 2.05) is 45.0 Å². The van der Waals surface area contributed by atoms with Gasteiger partial charge in [0.25, 0.3) is 0 Å². The summed E-state index contributed by atoms with van der Waals surface area (Å²) < 4.78 is 0. The summed E-state index contributed by atoms with van der Waals surface area (Å²) in [5.41, 5.74) is 2.15. The first-order chi connectivity index (χ1) is 14.5. The van der Waals surface area contributed by atoms with Crippen molar-refractivity contribution in [3.05, 3.63) is 29.8 Å². The van der Waals surface area contributed by atoms with Crippen LogP contribution in [0.15, 0.2) is 24.3 Å². The summed E-state index contributed by atoms with van der Waals surface area (Å²) in [6.45, 7) is 6.04. The lowest BCUT2D eigenvalue weighted by molar-refractivity contribution is -0.127. The SMILES string of the molecule is CCC(C)C(NC(=O)CCC1CCCC1)C(=O)Nc1nnc(-c2ccc(C)cc2)s1. The van der Waals surface area contributed by atoms with Crippen molar-refractivity contribution in [3.8, 4) is 10.6 Å². The second-order valence-corrected chi connectivity index (χ2v) is 9.37. The topological polar surface area (TPSA) is 84.0 Å². The molecule has 2 unspecified atom stereocenters. The molecule has 1 aromatic heterocycles. The van der Waals surface area contributed by atoms with Crippen LogP contribution >= 0.6 is 11.3 Å². The predicted octanol–water partition coefficient (Wildman–Crippen LogP) is 4.95. The number of aryl methyl sites for hydroxylation is 1. The minimum Gasteiger partial charge on any atom is -0.344 e. The summed E-state index contributed by atoms with van der Waals surface area (Å²) in [4.78, 5) is 25.4. The van der Waals surface area contributed by atoms with Crippen molar-refractivity contribution in [2.75, 3.05) is 5.32 Å². The molecule has 1 saturated carbocycles. The Bertz CT molecular complexity index is 843. The molecule has 1 aromatic carbocycles. The fourth-order valence-corrected chi connectivity index (χ4v) is 4.60. The fraction of sp³-hybridized carbons (Fsp3) is 0.565. The molecule has 0 aliphatic heterocycles. The van der Waals surface area contributed by atoms with Crippen LogP contribution < -0.4 is 10.6 Å². The predicted molar refractivity (Wildman–Crippen MR) is 121 cm³/mol. The lowest BCUT2D eigenvalue weighted by Crippen LogP contribution is -2.47. The molecule has 0 saturated heterocycles. The van der Waals surface area contributed by atoms with E-state index in [0.29, 0.717) is 17.5 Å². The first kappa shape index (κ1) is 22.4. The number of nitrogens with zero attached hydrogens (tertiary/aromatic N) is 2. The van der Waals surface area contributed by atoms with Crippen LogP contribution in [0.2, 0.25) is 0 Å². The zero-order chi connectivity index (χ0) is 21.5. The highest BCUT2D eigenvalue weighted by molar-refractivity contribution is 7.18. The molecular formula is C23H32N4O2S. The molecule has 3 rings (SSSR count). The molecule has 2 N–H and O–H groups in total. The van der Waals surface area contributed by atoms with E-state index >= 15 is 0 Å². The molecule has 1 heterocycles. The van der Waals surface area contributed by atoms with Gasteiger partial charge in [0.2, 0.25) is 16.9 Å². The van der Waals surface area contributed by atoms with E-state index < -0.39 is 6.04 Å². The van der Waals surface area contributed by atoms with Crippen LogP contribution in [-0.4, -0.2) is 28.1 Å². The zero-order valence-electron chi connectivity index (χ0n) is 18.1. The number of benzene rings is 1. The van der Waals surface area contributed by atoms with Gasteiger partial charge in [-0.1, -0.05) is 87.1 Å². The number of carbonyl (C=O) groups excluding carboxylic acids is 2. The molecule has 0 spiro atoms. The molecule has 7 heteroatoms. The number of rotatable bonds is 9. The molecule has 2 atom stereocenters. The average Bonchev–Trinajstić information content (AvgIpc) is 3.42. The Hall–Kier alpha value is -2.28. The van der Waals surface area contributed by atoms with Crippen LogP contribution in [0.4, 0.5) is 5.13 Å². The highest BCUT2D eigenvalue weighted by atomic mass is 32.1. The molecule has 6 nitrogen and oxygen atoms in total. The minimum atomic E-state index is -0.571. The number of nitrogens with one attached hydrogen (secondary N) is 2. The van der Waals surface area contributed by atoms with Gasteiger partial charge in [0.15, 0.2) is 0 Å². The van der Waals surface area contributed by atoms with Crippen molar-refractivity contribution in [2.24, 2.45) is 11.8 Å². The summed E-state index contributed by atoms with van der Waals surface area (Å²) in [6, 6.07) is 7.46. The standard InChI is InChI=1S/C23H32N4O2S/c1-4-16(3)20(24-19(28)14-11-17-7-5-6-8-17)21(29)25-23-27-26-22(30-23)18-12-9-15(2)10-13-18/h9-10,12-13,16-17,20H,4-8,11,14H2,1-3H3,(H,24,28)(H,25,27,29). The van der Waals surface area contributed by atoms with Crippen molar-refractivity contribution >= 4 is 28.3 Å². The van der Waals surface area contributed by atoms with E-state index in [9.17, 15) is 9.59 Å². The quantitative estimate of drug-likeness (QED) is 0.592. The highest BCUT2D eigenvalue weighted by Gasteiger charge is 2.27. The number of anilines is 1. The third-order valence-electron chi connectivity index (χ3n) is 6.02. The van der Waals surface area contributed by atoms with E-state index in [1.165, 1.54) is 42.6 Å². The second kappa shape index (κ2) is 10.7. The monoisotopic (exact) mass is 428 g/mol. The van der Waals surface area contributed by atoms with Gasteiger partial charge in [0.05, 0.1) is 0 Å². The lowest BCUT2D eigenvalue weighted by atomic mass is 9.97. The molecule has 30 heavy (non-hydrogen) atoms. The van der Waals surface area contributed by atoms with Crippen LogP contribution in [0.5, 0.6) is 0 Å². The molecule has 1 aliphatic rings. The number of hydrogen-bond donors (Lipinski definition) is 2. The minimum absolute atomic E-state index is 0.0323. The Morgan fingerprint density at radius 1 is 1.17 bits per heavy atom. The van der Waals surface area contributed by atoms with Crippen molar-refractivity contribution < 1.29 is 9.59 Å². The molecular weight excluding hydrogens is 396 g/mol. The Labute approximate surface area is 182 Å². The van der Waals surface area contributed by atoms with Crippen molar-refractivity contribution in [3.63, 3.8) is 0 Å². The average molecular weight is 429 g/mol. The summed E-state index contributed by atoms with van der Waals surface area (Å²) in [5.74, 6) is 0.420. The molecule has 2 amide bonds. The second-order valence-electron chi connectivity index (χ2n) is 8.39. The van der Waals surface area contributed by atoms with Gasteiger partial charge in [0.1, 0.15) is 11.0 Å². The number of aromatic nitrogens is 2. The third kappa shape index (κ3) is 6.11. The highest BCUT2D eigenvalue weighted by Crippen LogP contribution is 2.29. The van der Waals surface area contributed by atoms with Gasteiger partial charge in [-0.2, -0.15) is 0 Å². The Morgan fingerprint density at radius 3 is 2.53 bits per heavy atom. The van der Waals surface area contributed by atoms with Crippen LogP contribution in [0.1, 0.15) is 64.4 Å². The van der Waals surface area contributed by atoms with Gasteiger partial charge >= 0.3 is 0 Å². The Morgan fingerprint density at radius 2 is 1.87 bits per heavy atom. The first-order valence-electron chi connectivity index (χ1n) is 11.0. The van der Waals surface area contributed by atoms with Gasteiger partial charge in [-0.15, -0.1) is 10.2 Å². The third-order valence-corrected chi connectivity index (χ3v) is 6.91. The summed E-state index contributed by atoms with van der Waals surface area (Å²) in [7, 11) is 0. The number of carbonyl (C=O) groups is 2. The van der Waals surface area contributed by atoms with Gasteiger partial charge in [0, 0.05) is 12.0 Å². The fourth-order valence-electron chi connectivity index (χ4n) is 3.85. The van der Waals surface area contributed by atoms with Gasteiger partial charge in [-0.05, 0) is 25.2 Å². The van der Waals surface area contributed by atoms with E-state index in [-0.39, 0.29) is 17.7 Å². The smallest absolute Gasteiger partial charge is 0.249 e. The molecule has 0 bridgehead atoms. The van der Waals surface area contributed by atoms with Gasteiger partial charge in [-0.3, -0.25) is 14.9 Å². The summed E-state index contributed by atoms with van der Waals surface area (Å²) in [6.07, 6.45) is 7.20. The van der Waals surface area contributed by atoms with Crippen molar-refractivity contribution in [1.82, 2.24) is 15.5 Å². The van der Waals surface area contributed by atoms with Gasteiger partial charge in [-0.25, -0.2) is 0 Å². The first-order valence-corrected chi connectivity index (χ1v) is 11.8. The molecule has 0 radical (unpaired) electrons. The number of amides is 2. The Balaban J connectivity index is 1.59. The molecule has 162 valence electrons. The largest absolute Gasteiger partial charge is 0.344 e. The summed E-state index contributed by atoms with van der Waals surface area (Å²) >= 11 is 1.34. The van der Waals surface area contributed by atoms with Crippen molar-refractivity contribution in [2.45, 2.75) is 71.8 Å². The Kier molecular flexibility index (Phi) is 7.96. The molecule has 2 aromatic rings. The molecule has 1 aliphatic carbocycles. The van der Waals surface area contributed by atoms with Gasteiger partial charge < -0.3 is 5.32 Å². The van der Waals surface area contributed by atoms with E-state index in [0.717, 1.165) is 23.4 Å². The zero-order valence-corrected chi connectivity index (χ0v) is 18.9. The normalized spacial score (nSPS) is 16.2. The van der Waals surface area contributed by atoms with E-state index in [1.54, 1.807) is 0 Å². The van der Waals surface area contributed by atoms with E-state index in [4.69, 9.17) is 0 Å². The van der Waals surface area contributed by atoms with Crippen molar-refractivity contribution in [1.29, 1.82) is 0 Å². The van der Waals surface area contributed by atoms with Crippen LogP contribution in [-0.2, 0) is 9.59 Å². The van der Waals surface area contributed by atoms with E-state index in [2.05, 4.69) is 20.8 Å².